The molecule has 0 N–H and O–H groups in total. The molecule has 0 aromatic heterocycles. The van der Waals surface area contributed by atoms with E-state index in [1.54, 1.807) is 0 Å². The fourth-order valence-electron chi connectivity index (χ4n) is 2.32. The fraction of sp³-hybridized carbons (Fsp3) is 1.00. The third-order valence-electron chi connectivity index (χ3n) is 3.70. The number of quaternary nitrogens is 2. The van der Waals surface area contributed by atoms with Gasteiger partial charge in [-0.1, -0.05) is 34.4 Å². The number of rotatable bonds is 15. The standard InChI is InChI=1S/C18H42N2S2/c1-19(2,3)15-11-7-9-13-17-21-22-18-14-10-8-12-16-20(4,5)6/h7-18H2,1-6H3/q+2. The van der Waals surface area contributed by atoms with Crippen LogP contribution in [0.15, 0.2) is 0 Å². The molecule has 0 heterocycles. The first kappa shape index (κ1) is 22.6. The van der Waals surface area contributed by atoms with Crippen LogP contribution in [0.2, 0.25) is 0 Å². The zero-order valence-electron chi connectivity index (χ0n) is 16.2. The zero-order valence-corrected chi connectivity index (χ0v) is 17.8. The van der Waals surface area contributed by atoms with Crippen LogP contribution in [0.5, 0.6) is 0 Å². The van der Waals surface area contributed by atoms with Crippen molar-refractivity contribution in [3.8, 4) is 0 Å². The van der Waals surface area contributed by atoms with Crippen LogP contribution in [0, 0.1) is 0 Å². The summed E-state index contributed by atoms with van der Waals surface area (Å²) >= 11 is 0. The van der Waals surface area contributed by atoms with E-state index in [2.05, 4.69) is 63.9 Å². The summed E-state index contributed by atoms with van der Waals surface area (Å²) in [5.41, 5.74) is 0. The Labute approximate surface area is 149 Å². The monoisotopic (exact) mass is 350 g/mol. The van der Waals surface area contributed by atoms with Crippen LogP contribution in [0.3, 0.4) is 0 Å². The summed E-state index contributed by atoms with van der Waals surface area (Å²) in [7, 11) is 17.9. The van der Waals surface area contributed by atoms with Crippen molar-refractivity contribution < 1.29 is 8.97 Å². The van der Waals surface area contributed by atoms with E-state index in [0.29, 0.717) is 0 Å². The summed E-state index contributed by atoms with van der Waals surface area (Å²) < 4.78 is 2.22. The molecule has 0 saturated carbocycles. The van der Waals surface area contributed by atoms with E-state index in [1.807, 2.05) is 0 Å². The number of hydrogen-bond donors (Lipinski definition) is 0. The van der Waals surface area contributed by atoms with Crippen molar-refractivity contribution in [2.75, 3.05) is 66.9 Å². The lowest BCUT2D eigenvalue weighted by Crippen LogP contribution is -2.35. The van der Waals surface area contributed by atoms with Crippen molar-refractivity contribution in [1.29, 1.82) is 0 Å². The smallest absolute Gasteiger partial charge is 0.0780 e. The SMILES string of the molecule is C[N+](C)(C)CCCCCCSSCCCCCC[N+](C)(C)C. The van der Waals surface area contributed by atoms with E-state index in [9.17, 15) is 0 Å². The number of hydrogen-bond acceptors (Lipinski definition) is 2. The van der Waals surface area contributed by atoms with Crippen LogP contribution in [0.4, 0.5) is 0 Å². The van der Waals surface area contributed by atoms with Gasteiger partial charge in [0.1, 0.15) is 0 Å². The van der Waals surface area contributed by atoms with Crippen LogP contribution < -0.4 is 0 Å². The average molecular weight is 351 g/mol. The molecule has 0 amide bonds. The van der Waals surface area contributed by atoms with Gasteiger partial charge in [-0.15, -0.1) is 0 Å². The summed E-state index contributed by atoms with van der Waals surface area (Å²) in [6.45, 7) is 2.63. The Hall–Kier alpha value is 0.620. The van der Waals surface area contributed by atoms with Crippen molar-refractivity contribution in [3.05, 3.63) is 0 Å². The van der Waals surface area contributed by atoms with E-state index >= 15 is 0 Å². The molecular weight excluding hydrogens is 308 g/mol. The predicted octanol–water partition coefficient (Wildman–Crippen LogP) is 4.90. The molecule has 0 fully saturated rings. The molecule has 0 aromatic carbocycles. The van der Waals surface area contributed by atoms with Crippen molar-refractivity contribution in [2.24, 2.45) is 0 Å². The molecule has 0 aliphatic rings. The Morgan fingerprint density at radius 3 is 1.09 bits per heavy atom. The molecule has 2 nitrogen and oxygen atoms in total. The predicted molar refractivity (Wildman–Crippen MR) is 108 cm³/mol. The van der Waals surface area contributed by atoms with Crippen molar-refractivity contribution in [1.82, 2.24) is 0 Å². The average Bonchev–Trinajstić information content (AvgIpc) is 2.36. The van der Waals surface area contributed by atoms with Crippen LogP contribution in [0.25, 0.3) is 0 Å². The first-order valence-corrected chi connectivity index (χ1v) is 11.5. The minimum atomic E-state index is 1.11. The Bertz CT molecular complexity index is 218. The molecule has 0 unspecified atom stereocenters. The molecule has 0 rings (SSSR count). The number of unbranched alkanes of at least 4 members (excludes halogenated alkanes) is 6. The van der Waals surface area contributed by atoms with E-state index < -0.39 is 0 Å². The molecule has 0 spiro atoms. The molecular formula is C18H42N2S2+2. The maximum atomic E-state index is 2.29. The first-order chi connectivity index (χ1) is 10.2. The van der Waals surface area contributed by atoms with Crippen molar-refractivity contribution in [2.45, 2.75) is 51.4 Å². The van der Waals surface area contributed by atoms with Crippen LogP contribution in [-0.4, -0.2) is 75.8 Å². The summed E-state index contributed by atoms with van der Waals surface area (Å²) in [5, 5.41) is 0. The molecule has 0 aromatic rings. The van der Waals surface area contributed by atoms with Crippen LogP contribution in [-0.2, 0) is 0 Å². The van der Waals surface area contributed by atoms with Gasteiger partial charge in [0.2, 0.25) is 0 Å². The van der Waals surface area contributed by atoms with Gasteiger partial charge >= 0.3 is 0 Å². The highest BCUT2D eigenvalue weighted by Crippen LogP contribution is 2.24. The van der Waals surface area contributed by atoms with Gasteiger partial charge in [0.05, 0.1) is 55.4 Å². The van der Waals surface area contributed by atoms with Crippen LogP contribution in [0.1, 0.15) is 51.4 Å². The highest BCUT2D eigenvalue weighted by Gasteiger charge is 2.06. The second-order valence-electron chi connectivity index (χ2n) is 8.50. The largest absolute Gasteiger partial charge is 0.331 e. The lowest BCUT2D eigenvalue weighted by atomic mass is 10.2. The highest BCUT2D eigenvalue weighted by molar-refractivity contribution is 8.76. The lowest BCUT2D eigenvalue weighted by molar-refractivity contribution is -0.870. The van der Waals surface area contributed by atoms with Gasteiger partial charge in [-0.25, -0.2) is 0 Å². The molecule has 0 aliphatic heterocycles. The van der Waals surface area contributed by atoms with E-state index in [4.69, 9.17) is 0 Å². The third-order valence-corrected chi connectivity index (χ3v) is 6.27. The minimum Gasteiger partial charge on any atom is -0.331 e. The maximum Gasteiger partial charge on any atom is 0.0780 e. The third kappa shape index (κ3) is 20.6. The molecule has 0 aliphatic carbocycles. The van der Waals surface area contributed by atoms with Gasteiger partial charge < -0.3 is 8.97 Å². The Morgan fingerprint density at radius 2 is 0.773 bits per heavy atom. The van der Waals surface area contributed by atoms with Crippen molar-refractivity contribution in [3.63, 3.8) is 0 Å². The Balaban J connectivity index is 3.09. The second kappa shape index (κ2) is 13.0. The Kier molecular flexibility index (Phi) is 13.3. The number of nitrogens with zero attached hydrogens (tertiary/aromatic N) is 2. The Morgan fingerprint density at radius 1 is 0.455 bits per heavy atom. The van der Waals surface area contributed by atoms with Gasteiger partial charge in [0, 0.05) is 11.5 Å². The summed E-state index contributed by atoms with van der Waals surface area (Å²) in [6.07, 6.45) is 11.2. The van der Waals surface area contributed by atoms with E-state index in [-0.39, 0.29) is 0 Å². The van der Waals surface area contributed by atoms with Gasteiger partial charge in [-0.2, -0.15) is 0 Å². The lowest BCUT2D eigenvalue weighted by Gasteiger charge is -2.23. The van der Waals surface area contributed by atoms with Gasteiger partial charge in [-0.3, -0.25) is 0 Å². The topological polar surface area (TPSA) is 0 Å². The van der Waals surface area contributed by atoms with Gasteiger partial charge in [0.25, 0.3) is 0 Å². The van der Waals surface area contributed by atoms with Crippen molar-refractivity contribution >= 4 is 21.6 Å². The first-order valence-electron chi connectivity index (χ1n) is 9.06. The molecule has 4 heteroatoms. The maximum absolute atomic E-state index is 2.29. The summed E-state index contributed by atoms with van der Waals surface area (Å²) in [6, 6.07) is 0. The molecule has 0 radical (unpaired) electrons. The molecule has 0 atom stereocenters. The van der Waals surface area contributed by atoms with Crippen LogP contribution >= 0.6 is 21.6 Å². The summed E-state index contributed by atoms with van der Waals surface area (Å²) in [5.74, 6) is 2.69. The van der Waals surface area contributed by atoms with Gasteiger partial charge in [0.15, 0.2) is 0 Å². The van der Waals surface area contributed by atoms with E-state index in [0.717, 1.165) is 8.97 Å². The molecule has 134 valence electrons. The summed E-state index contributed by atoms with van der Waals surface area (Å²) in [4.78, 5) is 0. The fourth-order valence-corrected chi connectivity index (χ4v) is 4.61. The second-order valence-corrected chi connectivity index (χ2v) is 11.2. The molecule has 22 heavy (non-hydrogen) atoms. The minimum absolute atomic E-state index is 1.11. The van der Waals surface area contributed by atoms with E-state index in [1.165, 1.54) is 76.0 Å². The van der Waals surface area contributed by atoms with Gasteiger partial charge in [-0.05, 0) is 38.5 Å². The quantitative estimate of drug-likeness (QED) is 0.234. The molecule has 0 bridgehead atoms. The highest BCUT2D eigenvalue weighted by atomic mass is 33.1. The normalized spacial score (nSPS) is 12.8. The molecule has 0 saturated heterocycles. The zero-order chi connectivity index (χ0) is 16.9.